The summed E-state index contributed by atoms with van der Waals surface area (Å²) in [6, 6.07) is 21.3. The lowest BCUT2D eigenvalue weighted by Gasteiger charge is -2.43. The van der Waals surface area contributed by atoms with E-state index in [0.717, 1.165) is 16.7 Å². The number of carbonyl (C=O) groups is 1. The largest absolute Gasteiger partial charge is 0.407 e. The van der Waals surface area contributed by atoms with Gasteiger partial charge in [0.15, 0.2) is 5.78 Å². The van der Waals surface area contributed by atoms with E-state index in [2.05, 4.69) is 122 Å². The van der Waals surface area contributed by atoms with Crippen LogP contribution >= 0.6 is 0 Å². The maximum Gasteiger partial charge on any atom is 0.261 e. The van der Waals surface area contributed by atoms with Gasteiger partial charge in [0, 0.05) is 12.5 Å². The molecule has 0 aliphatic carbocycles. The Hall–Kier alpha value is -2.49. The summed E-state index contributed by atoms with van der Waals surface area (Å²) in [7, 11) is -2.59. The summed E-state index contributed by atoms with van der Waals surface area (Å²) in [5.74, 6) is -0.112. The Morgan fingerprint density at radius 2 is 1.39 bits per heavy atom. The van der Waals surface area contributed by atoms with Gasteiger partial charge in [-0.3, -0.25) is 4.79 Å². The predicted octanol–water partition coefficient (Wildman–Crippen LogP) is 7.65. The van der Waals surface area contributed by atoms with E-state index in [0.29, 0.717) is 13.0 Å². The standard InChI is InChI=1S/C33H46O2Si/c1-25(24-32(5,6)7)23-27(3)31(34)28(4)26(2)21-22-35-36(33(8,9)10,29-17-13-11-14-18-29)30-19-15-12-16-20-30/h11-20,23-24,28H,2,21-22H2,1,3-10H3/b25-24+,27-23+. The average Bonchev–Trinajstić information content (AvgIpc) is 2.79. The molecule has 2 aromatic carbocycles. The molecule has 1 atom stereocenters. The first-order valence-electron chi connectivity index (χ1n) is 13.0. The average molecular weight is 503 g/mol. The number of hydrogen-bond acceptors (Lipinski definition) is 2. The van der Waals surface area contributed by atoms with Crippen molar-refractivity contribution in [3.8, 4) is 0 Å². The normalized spacial score (nSPS) is 14.5. The van der Waals surface area contributed by atoms with E-state index in [1.807, 2.05) is 19.9 Å². The Morgan fingerprint density at radius 1 is 0.917 bits per heavy atom. The molecule has 1 unspecified atom stereocenters. The molecule has 2 nitrogen and oxygen atoms in total. The summed E-state index contributed by atoms with van der Waals surface area (Å²) < 4.78 is 6.99. The van der Waals surface area contributed by atoms with Crippen molar-refractivity contribution in [2.24, 2.45) is 11.3 Å². The molecule has 36 heavy (non-hydrogen) atoms. The molecule has 194 valence electrons. The third-order valence-corrected chi connectivity index (χ3v) is 11.7. The predicted molar refractivity (Wildman–Crippen MR) is 158 cm³/mol. The molecule has 0 N–H and O–H groups in total. The minimum absolute atomic E-state index is 0.0747. The number of Topliss-reactive ketones (excluding diaryl/α,β-unsaturated/α-hetero) is 1. The van der Waals surface area contributed by atoms with Crippen LogP contribution < -0.4 is 10.4 Å². The zero-order valence-electron chi connectivity index (χ0n) is 23.9. The molecular formula is C33H46O2Si. The molecule has 0 amide bonds. The van der Waals surface area contributed by atoms with Crippen molar-refractivity contribution in [3.05, 3.63) is 96.1 Å². The summed E-state index contributed by atoms with van der Waals surface area (Å²) in [6.07, 6.45) is 4.85. The molecule has 0 radical (unpaired) electrons. The second-order valence-electron chi connectivity index (χ2n) is 12.1. The third-order valence-electron chi connectivity index (χ3n) is 6.66. The molecule has 0 aliphatic rings. The molecule has 0 aliphatic heterocycles. The SMILES string of the molecule is C=C(CCO[Si](c1ccccc1)(c1ccccc1)C(C)(C)C)C(C)C(=O)/C(C)=C/C(C)=C/C(C)(C)C. The summed E-state index contributed by atoms with van der Waals surface area (Å²) in [5.41, 5.74) is 2.89. The van der Waals surface area contributed by atoms with Gasteiger partial charge in [-0.2, -0.15) is 0 Å². The molecule has 0 saturated heterocycles. The number of benzene rings is 2. The van der Waals surface area contributed by atoms with Gasteiger partial charge in [-0.25, -0.2) is 0 Å². The van der Waals surface area contributed by atoms with Gasteiger partial charge >= 0.3 is 0 Å². The molecule has 2 rings (SSSR count). The van der Waals surface area contributed by atoms with Crippen molar-refractivity contribution in [3.63, 3.8) is 0 Å². The molecule has 2 aromatic rings. The Labute approximate surface area is 221 Å². The van der Waals surface area contributed by atoms with Crippen LogP contribution in [0.25, 0.3) is 0 Å². The molecular weight excluding hydrogens is 456 g/mol. The summed E-state index contributed by atoms with van der Waals surface area (Å²) >= 11 is 0. The molecule has 0 spiro atoms. The maximum absolute atomic E-state index is 13.2. The Morgan fingerprint density at radius 3 is 1.81 bits per heavy atom. The number of ketones is 1. The quantitative estimate of drug-likeness (QED) is 0.144. The van der Waals surface area contributed by atoms with Crippen molar-refractivity contribution < 1.29 is 9.22 Å². The third kappa shape index (κ3) is 7.50. The van der Waals surface area contributed by atoms with E-state index in [-0.39, 0.29) is 22.2 Å². The summed E-state index contributed by atoms with van der Waals surface area (Å²) in [4.78, 5) is 13.2. The first-order chi connectivity index (χ1) is 16.7. The van der Waals surface area contributed by atoms with Gasteiger partial charge in [0.1, 0.15) is 0 Å². The van der Waals surface area contributed by atoms with Crippen LogP contribution in [0.5, 0.6) is 0 Å². The Bertz CT molecular complexity index is 1040. The fraction of sp³-hybridized carbons (Fsp3) is 0.424. The topological polar surface area (TPSA) is 26.3 Å². The zero-order chi connectivity index (χ0) is 27.1. The molecule has 0 bridgehead atoms. The lowest BCUT2D eigenvalue weighted by atomic mass is 9.89. The zero-order valence-corrected chi connectivity index (χ0v) is 24.9. The molecule has 3 heteroatoms. The van der Waals surface area contributed by atoms with Crippen LogP contribution in [0, 0.1) is 11.3 Å². The number of allylic oxidation sites excluding steroid dienone is 4. The molecule has 0 saturated carbocycles. The highest BCUT2D eigenvalue weighted by molar-refractivity contribution is 6.99. The number of hydrogen-bond donors (Lipinski definition) is 0. The number of carbonyl (C=O) groups excluding carboxylic acids is 1. The first-order valence-corrected chi connectivity index (χ1v) is 14.9. The van der Waals surface area contributed by atoms with Gasteiger partial charge in [-0.05, 0) is 46.7 Å². The van der Waals surface area contributed by atoms with E-state index in [4.69, 9.17) is 4.43 Å². The maximum atomic E-state index is 13.2. The van der Waals surface area contributed by atoms with Gasteiger partial charge in [0.25, 0.3) is 8.32 Å². The molecule has 0 heterocycles. The highest BCUT2D eigenvalue weighted by Crippen LogP contribution is 2.37. The highest BCUT2D eigenvalue weighted by atomic mass is 28.4. The van der Waals surface area contributed by atoms with Gasteiger partial charge in [0.05, 0.1) is 0 Å². The summed E-state index contributed by atoms with van der Waals surface area (Å²) in [6.45, 7) is 24.1. The fourth-order valence-electron chi connectivity index (χ4n) is 4.98. The highest BCUT2D eigenvalue weighted by Gasteiger charge is 2.50. The van der Waals surface area contributed by atoms with Crippen LogP contribution in [0.1, 0.15) is 68.7 Å². The molecule has 0 fully saturated rings. The fourth-order valence-corrected chi connectivity index (χ4v) is 9.54. The second-order valence-corrected chi connectivity index (χ2v) is 16.4. The van der Waals surface area contributed by atoms with Gasteiger partial charge in [-0.15, -0.1) is 0 Å². The van der Waals surface area contributed by atoms with Crippen LogP contribution in [0.2, 0.25) is 5.04 Å². The van der Waals surface area contributed by atoms with E-state index in [1.54, 1.807) is 0 Å². The van der Waals surface area contributed by atoms with Crippen LogP contribution in [0.3, 0.4) is 0 Å². The van der Waals surface area contributed by atoms with Gasteiger partial charge in [0.2, 0.25) is 0 Å². The first kappa shape index (κ1) is 29.7. The van der Waals surface area contributed by atoms with Crippen LogP contribution in [-0.4, -0.2) is 20.7 Å². The van der Waals surface area contributed by atoms with E-state index in [9.17, 15) is 4.79 Å². The smallest absolute Gasteiger partial charge is 0.261 e. The van der Waals surface area contributed by atoms with Crippen molar-refractivity contribution in [1.29, 1.82) is 0 Å². The van der Waals surface area contributed by atoms with E-state index in [1.165, 1.54) is 10.4 Å². The van der Waals surface area contributed by atoms with Crippen LogP contribution in [-0.2, 0) is 9.22 Å². The lowest BCUT2D eigenvalue weighted by molar-refractivity contribution is -0.117. The Balaban J connectivity index is 2.24. The second kappa shape index (κ2) is 12.2. The van der Waals surface area contributed by atoms with E-state index >= 15 is 0 Å². The minimum atomic E-state index is -2.59. The van der Waals surface area contributed by atoms with E-state index < -0.39 is 8.32 Å². The monoisotopic (exact) mass is 502 g/mol. The summed E-state index contributed by atoms with van der Waals surface area (Å²) in [5, 5.41) is 2.45. The van der Waals surface area contributed by atoms with Crippen molar-refractivity contribution in [1.82, 2.24) is 0 Å². The van der Waals surface area contributed by atoms with Crippen LogP contribution in [0.4, 0.5) is 0 Å². The van der Waals surface area contributed by atoms with Crippen molar-refractivity contribution >= 4 is 24.5 Å². The van der Waals surface area contributed by atoms with Gasteiger partial charge < -0.3 is 4.43 Å². The minimum Gasteiger partial charge on any atom is -0.407 e. The Kier molecular flexibility index (Phi) is 10.0. The van der Waals surface area contributed by atoms with Crippen molar-refractivity contribution in [2.75, 3.05) is 6.61 Å². The molecule has 0 aromatic heterocycles. The number of rotatable bonds is 10. The van der Waals surface area contributed by atoms with Crippen LogP contribution in [0.15, 0.2) is 96.1 Å². The van der Waals surface area contributed by atoms with Crippen molar-refractivity contribution in [2.45, 2.75) is 73.8 Å². The lowest BCUT2D eigenvalue weighted by Crippen LogP contribution is -2.66. The van der Waals surface area contributed by atoms with Gasteiger partial charge in [-0.1, -0.05) is 139 Å².